The number of unbranched alkanes of at least 4 members (excludes halogenated alkanes) is 5. The lowest BCUT2D eigenvalue weighted by Gasteiger charge is -2.65. The highest BCUT2D eigenvalue weighted by Crippen LogP contribution is 2.70. The van der Waals surface area contributed by atoms with E-state index in [2.05, 4.69) is 13.8 Å². The fourth-order valence-corrected chi connectivity index (χ4v) is 9.71. The van der Waals surface area contributed by atoms with Crippen molar-refractivity contribution >= 4 is 18.2 Å². The molecule has 0 amide bonds. The van der Waals surface area contributed by atoms with Gasteiger partial charge in [-0.25, -0.2) is 4.79 Å². The molecule has 0 aromatic heterocycles. The first kappa shape index (κ1) is 28.8. The highest BCUT2D eigenvalue weighted by molar-refractivity contribution is 5.85. The zero-order chi connectivity index (χ0) is 27.9. The summed E-state index contributed by atoms with van der Waals surface area (Å²) in [7, 11) is 0. The summed E-state index contributed by atoms with van der Waals surface area (Å²) in [5, 5.41) is 24.4. The van der Waals surface area contributed by atoms with Crippen LogP contribution < -0.4 is 0 Å². The molecular weight excluding hydrogens is 496 g/mol. The minimum absolute atomic E-state index is 0.0860. The van der Waals surface area contributed by atoms with Gasteiger partial charge < -0.3 is 24.5 Å². The van der Waals surface area contributed by atoms with Gasteiger partial charge in [0.1, 0.15) is 19.0 Å². The van der Waals surface area contributed by atoms with Crippen LogP contribution in [0.2, 0.25) is 0 Å². The predicted molar refractivity (Wildman–Crippen MR) is 145 cm³/mol. The number of carbonyl (C=O) groups is 3. The lowest BCUT2D eigenvalue weighted by atomic mass is 9.41. The largest absolute Gasteiger partial charge is 0.462 e. The van der Waals surface area contributed by atoms with E-state index in [4.69, 9.17) is 9.47 Å². The Morgan fingerprint density at radius 1 is 1.03 bits per heavy atom. The fourth-order valence-electron chi connectivity index (χ4n) is 9.71. The molecule has 1 aliphatic heterocycles. The molecule has 7 heteroatoms. The van der Waals surface area contributed by atoms with Crippen LogP contribution >= 0.6 is 0 Å². The van der Waals surface area contributed by atoms with Gasteiger partial charge in [-0.3, -0.25) is 4.79 Å². The quantitative estimate of drug-likeness (QED) is 0.221. The number of esters is 2. The van der Waals surface area contributed by atoms with Crippen molar-refractivity contribution < 1.29 is 34.1 Å². The fraction of sp³-hybridized carbons (Fsp3) is 0.844. The molecule has 218 valence electrons. The van der Waals surface area contributed by atoms with Gasteiger partial charge in [0.05, 0.1) is 16.6 Å². The average Bonchev–Trinajstić information content (AvgIpc) is 3.45. The Hall–Kier alpha value is -1.73. The summed E-state index contributed by atoms with van der Waals surface area (Å²) in [6.07, 6.45) is 14.6. The highest BCUT2D eigenvalue weighted by atomic mass is 16.5. The number of aliphatic hydroxyl groups is 2. The Bertz CT molecular complexity index is 991. The minimum Gasteiger partial charge on any atom is -0.462 e. The Morgan fingerprint density at radius 2 is 1.77 bits per heavy atom. The topological polar surface area (TPSA) is 110 Å². The molecule has 1 heterocycles. The van der Waals surface area contributed by atoms with Gasteiger partial charge in [0.25, 0.3) is 0 Å². The molecule has 8 atom stereocenters. The van der Waals surface area contributed by atoms with E-state index in [9.17, 15) is 24.6 Å². The monoisotopic (exact) mass is 544 g/mol. The van der Waals surface area contributed by atoms with Crippen molar-refractivity contribution in [1.82, 2.24) is 0 Å². The van der Waals surface area contributed by atoms with Crippen molar-refractivity contribution in [2.75, 3.05) is 6.61 Å². The third-order valence-electron chi connectivity index (χ3n) is 11.9. The van der Waals surface area contributed by atoms with E-state index in [1.54, 1.807) is 6.08 Å². The number of aldehydes is 1. The van der Waals surface area contributed by atoms with Crippen LogP contribution in [0.25, 0.3) is 0 Å². The summed E-state index contributed by atoms with van der Waals surface area (Å²) in [6.45, 7) is 4.65. The molecule has 4 saturated carbocycles. The van der Waals surface area contributed by atoms with Crippen LogP contribution in [-0.4, -0.2) is 52.4 Å². The van der Waals surface area contributed by atoms with Gasteiger partial charge in [-0.15, -0.1) is 0 Å². The molecule has 5 aliphatic rings. The van der Waals surface area contributed by atoms with Crippen LogP contribution in [0.3, 0.4) is 0 Å². The van der Waals surface area contributed by atoms with Gasteiger partial charge in [-0.2, -0.15) is 0 Å². The SMILES string of the molecule is CCCCCCCCC(=O)O[C@H]1CC[C@]2(C=O)[C@H]3CC[C@]4(C)[C@@H](C5=CC(=O)OC5)CCC4(O)[C@@H]3CC[C@]2(O)C1. The molecule has 0 spiro atoms. The maximum absolute atomic E-state index is 12.9. The molecule has 7 nitrogen and oxygen atoms in total. The molecule has 0 aromatic rings. The molecule has 0 saturated heterocycles. The number of hydrogen-bond donors (Lipinski definition) is 2. The molecule has 1 unspecified atom stereocenters. The average molecular weight is 545 g/mol. The van der Waals surface area contributed by atoms with Crippen molar-refractivity contribution in [3.05, 3.63) is 11.6 Å². The smallest absolute Gasteiger partial charge is 0.331 e. The van der Waals surface area contributed by atoms with Crippen LogP contribution in [0.4, 0.5) is 0 Å². The Labute approximate surface area is 233 Å². The Morgan fingerprint density at radius 3 is 2.49 bits per heavy atom. The van der Waals surface area contributed by atoms with E-state index in [-0.39, 0.29) is 35.8 Å². The van der Waals surface area contributed by atoms with Crippen molar-refractivity contribution in [3.63, 3.8) is 0 Å². The van der Waals surface area contributed by atoms with E-state index >= 15 is 0 Å². The zero-order valence-electron chi connectivity index (χ0n) is 23.9. The third kappa shape index (κ3) is 4.69. The maximum atomic E-state index is 12.9. The maximum Gasteiger partial charge on any atom is 0.331 e. The summed E-state index contributed by atoms with van der Waals surface area (Å²) in [6, 6.07) is 0. The standard InChI is InChI=1S/C32H48O7/c1-3-4-5-6-7-8-9-27(34)39-23-10-15-30(21-33)25-11-14-29(2)24(22-18-28(35)38-20-22)13-17-32(29,37)26(25)12-16-31(30,36)19-23/h18,21,23-26,36-37H,3-17,19-20H2,1-2H3/t23-,24+,25-,26+,29+,30-,31-,32?/m0/s1. The zero-order valence-corrected chi connectivity index (χ0v) is 23.9. The second kappa shape index (κ2) is 10.9. The molecule has 4 aliphatic carbocycles. The summed E-state index contributed by atoms with van der Waals surface area (Å²) < 4.78 is 11.0. The van der Waals surface area contributed by atoms with E-state index in [1.807, 2.05) is 0 Å². The molecule has 0 aromatic carbocycles. The summed E-state index contributed by atoms with van der Waals surface area (Å²) >= 11 is 0. The summed E-state index contributed by atoms with van der Waals surface area (Å²) in [5.74, 6) is -0.609. The molecule has 5 rings (SSSR count). The van der Waals surface area contributed by atoms with Gasteiger partial charge in [0, 0.05) is 24.3 Å². The number of carbonyl (C=O) groups excluding carboxylic acids is 3. The van der Waals surface area contributed by atoms with E-state index in [0.29, 0.717) is 51.6 Å². The van der Waals surface area contributed by atoms with Gasteiger partial charge in [-0.05, 0) is 81.1 Å². The highest BCUT2D eigenvalue weighted by Gasteiger charge is 2.71. The van der Waals surface area contributed by atoms with Crippen LogP contribution in [-0.2, 0) is 23.9 Å². The van der Waals surface area contributed by atoms with Crippen LogP contribution in [0, 0.1) is 28.6 Å². The molecule has 0 bridgehead atoms. The number of cyclic esters (lactones) is 1. The Kier molecular flexibility index (Phi) is 8.06. The summed E-state index contributed by atoms with van der Waals surface area (Å²) in [5.41, 5.74) is -2.52. The van der Waals surface area contributed by atoms with Gasteiger partial charge >= 0.3 is 11.9 Å². The Balaban J connectivity index is 1.26. The normalized spacial score (nSPS) is 43.1. The van der Waals surface area contributed by atoms with Crippen molar-refractivity contribution in [1.29, 1.82) is 0 Å². The van der Waals surface area contributed by atoms with Crippen molar-refractivity contribution in [2.45, 2.75) is 134 Å². The van der Waals surface area contributed by atoms with Crippen molar-refractivity contribution in [3.8, 4) is 0 Å². The molecule has 0 radical (unpaired) electrons. The number of ether oxygens (including phenoxy) is 2. The number of rotatable bonds is 10. The van der Waals surface area contributed by atoms with E-state index < -0.39 is 22.0 Å². The van der Waals surface area contributed by atoms with Gasteiger partial charge in [-0.1, -0.05) is 46.0 Å². The number of fused-ring (bicyclic) bond motifs is 5. The molecule has 2 N–H and O–H groups in total. The second-order valence-electron chi connectivity index (χ2n) is 13.6. The molecule has 4 fully saturated rings. The van der Waals surface area contributed by atoms with Crippen LogP contribution in [0.5, 0.6) is 0 Å². The van der Waals surface area contributed by atoms with E-state index in [1.165, 1.54) is 19.3 Å². The second-order valence-corrected chi connectivity index (χ2v) is 13.6. The lowest BCUT2D eigenvalue weighted by Crippen LogP contribution is -2.69. The predicted octanol–water partition coefficient (Wildman–Crippen LogP) is 5.20. The molecule has 39 heavy (non-hydrogen) atoms. The van der Waals surface area contributed by atoms with Gasteiger partial charge in [0.2, 0.25) is 0 Å². The van der Waals surface area contributed by atoms with Crippen molar-refractivity contribution in [2.24, 2.45) is 28.6 Å². The third-order valence-corrected chi connectivity index (χ3v) is 11.9. The number of hydrogen-bond acceptors (Lipinski definition) is 7. The lowest BCUT2D eigenvalue weighted by molar-refractivity contribution is -0.249. The minimum atomic E-state index is -1.23. The first-order chi connectivity index (χ1) is 18.6. The van der Waals surface area contributed by atoms with E-state index in [0.717, 1.165) is 50.4 Å². The van der Waals surface area contributed by atoms with Crippen LogP contribution in [0.15, 0.2) is 11.6 Å². The summed E-state index contributed by atoms with van der Waals surface area (Å²) in [4.78, 5) is 37.3. The van der Waals surface area contributed by atoms with Gasteiger partial charge in [0.15, 0.2) is 0 Å². The van der Waals surface area contributed by atoms with Crippen LogP contribution in [0.1, 0.15) is 117 Å². The first-order valence-corrected chi connectivity index (χ1v) is 15.6. The first-order valence-electron chi connectivity index (χ1n) is 15.6. The molecular formula is C32H48O7.